The van der Waals surface area contributed by atoms with Crippen LogP contribution >= 0.6 is 0 Å². The Hall–Kier alpha value is -0.700. The lowest BCUT2D eigenvalue weighted by Crippen LogP contribution is -2.53. The molecular weight excluding hydrogens is 256 g/mol. The third kappa shape index (κ3) is 5.30. The zero-order valence-corrected chi connectivity index (χ0v) is 11.9. The largest absolute Gasteiger partial charge is 0.350 e. The van der Waals surface area contributed by atoms with Gasteiger partial charge in [-0.05, 0) is 20.8 Å². The first kappa shape index (κ1) is 15.4. The SMILES string of the molecule is CC(C)(C)NC(=O)CNS(=O)(=O)N1CCNCC1. The van der Waals surface area contributed by atoms with Gasteiger partial charge >= 0.3 is 0 Å². The van der Waals surface area contributed by atoms with Gasteiger partial charge in [-0.3, -0.25) is 4.79 Å². The molecule has 7 nitrogen and oxygen atoms in total. The average Bonchev–Trinajstić information content (AvgIpc) is 2.26. The van der Waals surface area contributed by atoms with Crippen molar-refractivity contribution in [3.8, 4) is 0 Å². The summed E-state index contributed by atoms with van der Waals surface area (Å²) in [6.07, 6.45) is 0. The summed E-state index contributed by atoms with van der Waals surface area (Å²) in [4.78, 5) is 11.5. The summed E-state index contributed by atoms with van der Waals surface area (Å²) in [6.45, 7) is 7.42. The topological polar surface area (TPSA) is 90.5 Å². The molecule has 0 aromatic rings. The highest BCUT2D eigenvalue weighted by Crippen LogP contribution is 2.00. The zero-order chi connectivity index (χ0) is 13.8. The highest BCUT2D eigenvalue weighted by molar-refractivity contribution is 7.87. The van der Waals surface area contributed by atoms with E-state index < -0.39 is 10.2 Å². The molecule has 0 radical (unpaired) electrons. The second kappa shape index (κ2) is 5.96. The Morgan fingerprint density at radius 2 is 1.83 bits per heavy atom. The summed E-state index contributed by atoms with van der Waals surface area (Å²) < 4.78 is 27.4. The average molecular weight is 278 g/mol. The van der Waals surface area contributed by atoms with Gasteiger partial charge in [-0.1, -0.05) is 0 Å². The van der Waals surface area contributed by atoms with Gasteiger partial charge in [-0.15, -0.1) is 0 Å². The standard InChI is InChI=1S/C10H22N4O3S/c1-10(2,3)13-9(15)8-12-18(16,17)14-6-4-11-5-7-14/h11-12H,4-8H2,1-3H3,(H,13,15). The van der Waals surface area contributed by atoms with E-state index in [-0.39, 0.29) is 18.0 Å². The molecule has 0 spiro atoms. The molecule has 0 aliphatic carbocycles. The van der Waals surface area contributed by atoms with Gasteiger partial charge < -0.3 is 10.6 Å². The molecule has 0 aromatic heterocycles. The summed E-state index contributed by atoms with van der Waals surface area (Å²) in [6, 6.07) is 0. The van der Waals surface area contributed by atoms with Crippen LogP contribution < -0.4 is 15.4 Å². The zero-order valence-electron chi connectivity index (χ0n) is 11.1. The molecule has 0 atom stereocenters. The quantitative estimate of drug-likeness (QED) is 0.592. The smallest absolute Gasteiger partial charge is 0.280 e. The van der Waals surface area contributed by atoms with Gasteiger partial charge in [0.15, 0.2) is 0 Å². The molecule has 1 heterocycles. The van der Waals surface area contributed by atoms with Crippen molar-refractivity contribution in [3.63, 3.8) is 0 Å². The number of amides is 1. The number of rotatable bonds is 4. The minimum atomic E-state index is -3.55. The first-order valence-corrected chi connectivity index (χ1v) is 7.41. The van der Waals surface area contributed by atoms with Crippen molar-refractivity contribution in [2.24, 2.45) is 0 Å². The normalized spacial score (nSPS) is 18.6. The van der Waals surface area contributed by atoms with Crippen LogP contribution in [-0.4, -0.2) is 56.9 Å². The van der Waals surface area contributed by atoms with Crippen molar-refractivity contribution < 1.29 is 13.2 Å². The Bertz CT molecular complexity index is 382. The van der Waals surface area contributed by atoms with Crippen LogP contribution in [0.5, 0.6) is 0 Å². The Morgan fingerprint density at radius 3 is 2.33 bits per heavy atom. The fourth-order valence-corrected chi connectivity index (χ4v) is 2.75. The summed E-state index contributed by atoms with van der Waals surface area (Å²) >= 11 is 0. The summed E-state index contributed by atoms with van der Waals surface area (Å²) in [5.41, 5.74) is -0.364. The molecule has 1 aliphatic rings. The minimum Gasteiger partial charge on any atom is -0.350 e. The molecule has 18 heavy (non-hydrogen) atoms. The van der Waals surface area contributed by atoms with Crippen LogP contribution in [0.2, 0.25) is 0 Å². The molecule has 1 aliphatic heterocycles. The predicted octanol–water partition coefficient (Wildman–Crippen LogP) is -1.36. The number of nitrogens with one attached hydrogen (secondary N) is 3. The molecule has 0 aromatic carbocycles. The number of hydrogen-bond acceptors (Lipinski definition) is 4. The number of carbonyl (C=O) groups excluding carboxylic acids is 1. The maximum Gasteiger partial charge on any atom is 0.280 e. The molecule has 8 heteroatoms. The van der Waals surface area contributed by atoms with E-state index in [9.17, 15) is 13.2 Å². The number of piperazine rings is 1. The number of nitrogens with zero attached hydrogens (tertiary/aromatic N) is 1. The molecule has 106 valence electrons. The first-order valence-electron chi connectivity index (χ1n) is 5.97. The van der Waals surface area contributed by atoms with E-state index in [1.807, 2.05) is 20.8 Å². The van der Waals surface area contributed by atoms with E-state index in [2.05, 4.69) is 15.4 Å². The van der Waals surface area contributed by atoms with E-state index in [4.69, 9.17) is 0 Å². The van der Waals surface area contributed by atoms with Crippen LogP contribution in [0.25, 0.3) is 0 Å². The van der Waals surface area contributed by atoms with Crippen LogP contribution in [0.4, 0.5) is 0 Å². The second-order valence-electron chi connectivity index (χ2n) is 5.27. The highest BCUT2D eigenvalue weighted by Gasteiger charge is 2.24. The van der Waals surface area contributed by atoms with E-state index in [0.717, 1.165) is 0 Å². The maximum absolute atomic E-state index is 11.9. The second-order valence-corrected chi connectivity index (χ2v) is 7.03. The molecule has 1 amide bonds. The van der Waals surface area contributed by atoms with Crippen molar-refractivity contribution in [1.82, 2.24) is 19.7 Å². The Labute approximate surface area is 108 Å². The molecule has 1 fully saturated rings. The highest BCUT2D eigenvalue weighted by atomic mass is 32.2. The number of carbonyl (C=O) groups is 1. The van der Waals surface area contributed by atoms with Gasteiger partial charge in [-0.2, -0.15) is 17.4 Å². The van der Waals surface area contributed by atoms with Gasteiger partial charge in [0.1, 0.15) is 0 Å². The Kier molecular flexibility index (Phi) is 5.09. The monoisotopic (exact) mass is 278 g/mol. The lowest BCUT2D eigenvalue weighted by Gasteiger charge is -2.27. The van der Waals surface area contributed by atoms with E-state index in [0.29, 0.717) is 26.2 Å². The van der Waals surface area contributed by atoms with E-state index in [1.165, 1.54) is 4.31 Å². The van der Waals surface area contributed by atoms with Crippen LogP contribution in [0.15, 0.2) is 0 Å². The summed E-state index contributed by atoms with van der Waals surface area (Å²) in [5.74, 6) is -0.332. The van der Waals surface area contributed by atoms with Crippen LogP contribution in [0, 0.1) is 0 Å². The Morgan fingerprint density at radius 1 is 1.28 bits per heavy atom. The van der Waals surface area contributed by atoms with Gasteiger partial charge in [0.05, 0.1) is 6.54 Å². The van der Waals surface area contributed by atoms with E-state index in [1.54, 1.807) is 0 Å². The third-order valence-corrected chi connectivity index (χ3v) is 3.90. The lowest BCUT2D eigenvalue weighted by molar-refractivity contribution is -0.121. The minimum absolute atomic E-state index is 0.233. The van der Waals surface area contributed by atoms with Crippen LogP contribution in [0.3, 0.4) is 0 Å². The maximum atomic E-state index is 11.9. The van der Waals surface area contributed by atoms with Crippen molar-refractivity contribution in [3.05, 3.63) is 0 Å². The van der Waals surface area contributed by atoms with Crippen LogP contribution in [0.1, 0.15) is 20.8 Å². The van der Waals surface area contributed by atoms with Crippen molar-refractivity contribution in [2.75, 3.05) is 32.7 Å². The predicted molar refractivity (Wildman–Crippen MR) is 69.3 cm³/mol. The van der Waals surface area contributed by atoms with Crippen LogP contribution in [-0.2, 0) is 15.0 Å². The third-order valence-electron chi connectivity index (χ3n) is 2.35. The van der Waals surface area contributed by atoms with Gasteiger partial charge in [0.25, 0.3) is 10.2 Å². The molecule has 0 bridgehead atoms. The Balaban J connectivity index is 2.44. The fraction of sp³-hybridized carbons (Fsp3) is 0.900. The van der Waals surface area contributed by atoms with Gasteiger partial charge in [0, 0.05) is 31.7 Å². The van der Waals surface area contributed by atoms with Crippen molar-refractivity contribution in [1.29, 1.82) is 0 Å². The molecule has 0 saturated carbocycles. The molecule has 1 rings (SSSR count). The fourth-order valence-electron chi connectivity index (χ4n) is 1.60. The molecule has 0 unspecified atom stereocenters. The van der Waals surface area contributed by atoms with Gasteiger partial charge in [-0.25, -0.2) is 0 Å². The van der Waals surface area contributed by atoms with E-state index >= 15 is 0 Å². The molecule has 1 saturated heterocycles. The van der Waals surface area contributed by atoms with Crippen molar-refractivity contribution >= 4 is 16.1 Å². The molecular formula is C10H22N4O3S. The molecule has 3 N–H and O–H groups in total. The van der Waals surface area contributed by atoms with Crippen molar-refractivity contribution in [2.45, 2.75) is 26.3 Å². The van der Waals surface area contributed by atoms with Gasteiger partial charge in [0.2, 0.25) is 5.91 Å². The summed E-state index contributed by atoms with van der Waals surface area (Å²) in [7, 11) is -3.55. The first-order chi connectivity index (χ1) is 8.21. The summed E-state index contributed by atoms with van der Waals surface area (Å²) in [5, 5.41) is 5.77. The lowest BCUT2D eigenvalue weighted by atomic mass is 10.1. The number of hydrogen-bond donors (Lipinski definition) is 3.